The first-order valence-electron chi connectivity index (χ1n) is 9.40. The van der Waals surface area contributed by atoms with Crippen LogP contribution in [0.4, 0.5) is 5.69 Å². The smallest absolute Gasteiger partial charge is 0.231 e. The number of carbonyl (C=O) groups excluding carboxylic acids is 1. The number of anilines is 1. The van der Waals surface area contributed by atoms with Gasteiger partial charge in [-0.25, -0.2) is 0 Å². The minimum atomic E-state index is 0.107. The molecule has 0 bridgehead atoms. The maximum absolute atomic E-state index is 12.7. The fourth-order valence-corrected chi connectivity index (χ4v) is 3.73. The van der Waals surface area contributed by atoms with Gasteiger partial charge in [-0.05, 0) is 43.4 Å². The van der Waals surface area contributed by atoms with Gasteiger partial charge in [0.2, 0.25) is 12.7 Å². The molecule has 6 heteroatoms. The summed E-state index contributed by atoms with van der Waals surface area (Å²) >= 11 is 0. The number of ether oxygens (including phenoxy) is 2. The topological polar surface area (TPSA) is 76.2 Å². The van der Waals surface area contributed by atoms with E-state index in [0.717, 1.165) is 60.5 Å². The molecule has 2 N–H and O–H groups in total. The van der Waals surface area contributed by atoms with Gasteiger partial charge in [0.15, 0.2) is 11.5 Å². The largest absolute Gasteiger partial charge is 0.454 e. The van der Waals surface area contributed by atoms with Gasteiger partial charge in [-0.2, -0.15) is 5.10 Å². The van der Waals surface area contributed by atoms with Crippen LogP contribution in [0.1, 0.15) is 45.2 Å². The molecule has 1 aromatic carbocycles. The molecule has 1 aliphatic heterocycles. The van der Waals surface area contributed by atoms with Gasteiger partial charge in [0.1, 0.15) is 5.69 Å². The number of rotatable bonds is 5. The maximum Gasteiger partial charge on any atom is 0.231 e. The summed E-state index contributed by atoms with van der Waals surface area (Å²) in [5, 5.41) is 10.8. The summed E-state index contributed by atoms with van der Waals surface area (Å²) in [6, 6.07) is 5.76. The molecule has 0 unspecified atom stereocenters. The zero-order valence-electron chi connectivity index (χ0n) is 15.3. The lowest BCUT2D eigenvalue weighted by Crippen LogP contribution is -2.21. The van der Waals surface area contributed by atoms with E-state index < -0.39 is 0 Å². The first-order chi connectivity index (χ1) is 12.6. The fourth-order valence-electron chi connectivity index (χ4n) is 3.73. The van der Waals surface area contributed by atoms with Crippen molar-refractivity contribution in [2.24, 2.45) is 11.8 Å². The molecule has 26 heavy (non-hydrogen) atoms. The van der Waals surface area contributed by atoms with E-state index in [1.807, 2.05) is 18.2 Å². The Kier molecular flexibility index (Phi) is 4.57. The Hall–Kier alpha value is -2.50. The van der Waals surface area contributed by atoms with Crippen molar-refractivity contribution in [1.29, 1.82) is 0 Å². The molecule has 2 heterocycles. The van der Waals surface area contributed by atoms with Crippen LogP contribution < -0.4 is 14.8 Å². The Morgan fingerprint density at radius 3 is 2.81 bits per heavy atom. The lowest BCUT2D eigenvalue weighted by molar-refractivity contribution is -0.119. The normalized spacial score (nSPS) is 16.4. The second kappa shape index (κ2) is 7.02. The van der Waals surface area contributed by atoms with Crippen molar-refractivity contribution in [3.8, 4) is 22.8 Å². The van der Waals surface area contributed by atoms with Gasteiger partial charge in [0, 0.05) is 11.5 Å². The molecule has 1 aromatic heterocycles. The molecular formula is C20H25N3O3. The first kappa shape index (κ1) is 16.9. The van der Waals surface area contributed by atoms with Crippen LogP contribution in [-0.4, -0.2) is 22.9 Å². The highest BCUT2D eigenvalue weighted by molar-refractivity contribution is 5.97. The summed E-state index contributed by atoms with van der Waals surface area (Å²) in [6.07, 6.45) is 5.05. The number of benzene rings is 1. The Morgan fingerprint density at radius 2 is 2.04 bits per heavy atom. The molecule has 138 valence electrons. The quantitative estimate of drug-likeness (QED) is 0.845. The Bertz CT molecular complexity index is 807. The third kappa shape index (κ3) is 3.28. The van der Waals surface area contributed by atoms with Crippen molar-refractivity contribution < 1.29 is 14.3 Å². The summed E-state index contributed by atoms with van der Waals surface area (Å²) < 4.78 is 10.9. The van der Waals surface area contributed by atoms with E-state index in [1.165, 1.54) is 0 Å². The summed E-state index contributed by atoms with van der Waals surface area (Å²) in [4.78, 5) is 12.7. The minimum absolute atomic E-state index is 0.107. The zero-order valence-corrected chi connectivity index (χ0v) is 15.3. The van der Waals surface area contributed by atoms with Crippen molar-refractivity contribution in [3.63, 3.8) is 0 Å². The molecule has 0 saturated heterocycles. The number of nitrogens with zero attached hydrogens (tertiary/aromatic N) is 1. The lowest BCUT2D eigenvalue weighted by Gasteiger charge is -2.13. The molecule has 1 fully saturated rings. The van der Waals surface area contributed by atoms with Gasteiger partial charge in [0.25, 0.3) is 0 Å². The van der Waals surface area contributed by atoms with Gasteiger partial charge in [-0.15, -0.1) is 0 Å². The van der Waals surface area contributed by atoms with Crippen molar-refractivity contribution in [2.45, 2.75) is 46.0 Å². The molecule has 0 spiro atoms. The Balaban J connectivity index is 1.67. The number of hydrogen-bond donors (Lipinski definition) is 2. The predicted molar refractivity (Wildman–Crippen MR) is 99.3 cm³/mol. The number of amides is 1. The van der Waals surface area contributed by atoms with Crippen molar-refractivity contribution in [2.75, 3.05) is 12.1 Å². The van der Waals surface area contributed by atoms with Gasteiger partial charge in [-0.1, -0.05) is 26.7 Å². The molecule has 2 aliphatic rings. The molecule has 1 amide bonds. The second-order valence-electron chi connectivity index (χ2n) is 7.56. The number of aromatic amines is 1. The fraction of sp³-hybridized carbons (Fsp3) is 0.500. The molecule has 1 aliphatic carbocycles. The lowest BCUT2D eigenvalue weighted by atomic mass is 10.0. The monoisotopic (exact) mass is 355 g/mol. The van der Waals surface area contributed by atoms with Crippen LogP contribution in [0, 0.1) is 11.8 Å². The highest BCUT2D eigenvalue weighted by Crippen LogP contribution is 2.39. The Morgan fingerprint density at radius 1 is 1.27 bits per heavy atom. The molecule has 6 nitrogen and oxygen atoms in total. The zero-order chi connectivity index (χ0) is 18.1. The van der Waals surface area contributed by atoms with E-state index in [1.54, 1.807) is 0 Å². The van der Waals surface area contributed by atoms with Gasteiger partial charge in [-0.3, -0.25) is 9.89 Å². The van der Waals surface area contributed by atoms with E-state index in [-0.39, 0.29) is 18.6 Å². The Labute approximate surface area is 153 Å². The van der Waals surface area contributed by atoms with Crippen LogP contribution in [0.5, 0.6) is 11.5 Å². The number of carbonyl (C=O) groups is 1. The van der Waals surface area contributed by atoms with Crippen molar-refractivity contribution in [1.82, 2.24) is 10.2 Å². The van der Waals surface area contributed by atoms with E-state index in [4.69, 9.17) is 9.47 Å². The van der Waals surface area contributed by atoms with Crippen LogP contribution in [0.25, 0.3) is 11.3 Å². The SMILES string of the molecule is CC(C)Cc1[nH]nc(-c2ccc3c(c2)OCO3)c1NC(=O)C1CCCC1. The number of nitrogens with one attached hydrogen (secondary N) is 2. The summed E-state index contributed by atoms with van der Waals surface area (Å²) in [7, 11) is 0. The summed E-state index contributed by atoms with van der Waals surface area (Å²) in [5.74, 6) is 2.13. The van der Waals surface area contributed by atoms with E-state index in [2.05, 4.69) is 29.4 Å². The van der Waals surface area contributed by atoms with Crippen molar-refractivity contribution in [3.05, 3.63) is 23.9 Å². The van der Waals surface area contributed by atoms with E-state index in [9.17, 15) is 4.79 Å². The van der Waals surface area contributed by atoms with Crippen molar-refractivity contribution >= 4 is 11.6 Å². The second-order valence-corrected chi connectivity index (χ2v) is 7.56. The molecule has 2 aromatic rings. The number of fused-ring (bicyclic) bond motifs is 1. The average molecular weight is 355 g/mol. The van der Waals surface area contributed by atoms with Crippen LogP contribution >= 0.6 is 0 Å². The number of hydrogen-bond acceptors (Lipinski definition) is 4. The van der Waals surface area contributed by atoms with Crippen LogP contribution in [0.3, 0.4) is 0 Å². The standard InChI is InChI=1S/C20H25N3O3/c1-12(2)9-15-19(21-20(24)13-5-3-4-6-13)18(23-22-15)14-7-8-16-17(10-14)26-11-25-16/h7-8,10,12-13H,3-6,9,11H2,1-2H3,(H,21,24)(H,22,23). The number of H-pyrrole nitrogens is 1. The van der Waals surface area contributed by atoms with Gasteiger partial charge in [0.05, 0.1) is 11.4 Å². The molecular weight excluding hydrogens is 330 g/mol. The molecule has 1 saturated carbocycles. The molecule has 4 rings (SSSR count). The van der Waals surface area contributed by atoms with Gasteiger partial charge < -0.3 is 14.8 Å². The summed E-state index contributed by atoms with van der Waals surface area (Å²) in [5.41, 5.74) is 3.43. The van der Waals surface area contributed by atoms with Crippen LogP contribution in [-0.2, 0) is 11.2 Å². The summed E-state index contributed by atoms with van der Waals surface area (Å²) in [6.45, 7) is 4.55. The van der Waals surface area contributed by atoms with Crippen LogP contribution in [0.2, 0.25) is 0 Å². The molecule has 0 radical (unpaired) electrons. The minimum Gasteiger partial charge on any atom is -0.454 e. The third-order valence-electron chi connectivity index (χ3n) is 5.07. The predicted octanol–water partition coefficient (Wildman–Crippen LogP) is 4.13. The van der Waals surface area contributed by atoms with Crippen LogP contribution in [0.15, 0.2) is 18.2 Å². The third-order valence-corrected chi connectivity index (χ3v) is 5.07. The average Bonchev–Trinajstić information content (AvgIpc) is 3.35. The number of aromatic nitrogens is 2. The van der Waals surface area contributed by atoms with E-state index in [0.29, 0.717) is 11.7 Å². The maximum atomic E-state index is 12.7. The van der Waals surface area contributed by atoms with Gasteiger partial charge >= 0.3 is 0 Å². The highest BCUT2D eigenvalue weighted by atomic mass is 16.7. The highest BCUT2D eigenvalue weighted by Gasteiger charge is 2.26. The molecule has 0 atom stereocenters. The first-order valence-corrected chi connectivity index (χ1v) is 9.40. The van der Waals surface area contributed by atoms with E-state index >= 15 is 0 Å².